The third kappa shape index (κ3) is 4.37. The lowest BCUT2D eigenvalue weighted by molar-refractivity contribution is 0.313. The average Bonchev–Trinajstić information content (AvgIpc) is 2.45. The molecular formula is C16H25N3. The topological polar surface area (TPSA) is 18.5 Å². The van der Waals surface area contributed by atoms with Gasteiger partial charge in [-0.2, -0.15) is 0 Å². The highest BCUT2D eigenvalue weighted by Crippen LogP contribution is 2.17. The zero-order valence-electron chi connectivity index (χ0n) is 12.1. The van der Waals surface area contributed by atoms with Crippen molar-refractivity contribution in [1.82, 2.24) is 10.2 Å². The van der Waals surface area contributed by atoms with E-state index in [9.17, 15) is 0 Å². The first-order valence-electron chi connectivity index (χ1n) is 7.14. The Labute approximate surface area is 116 Å². The Morgan fingerprint density at radius 1 is 1.11 bits per heavy atom. The number of likely N-dealkylation sites (N-methyl/N-ethyl adjacent to an activating group) is 1. The monoisotopic (exact) mass is 259 g/mol. The molecule has 1 aromatic rings. The lowest BCUT2D eigenvalue weighted by Gasteiger charge is -2.34. The number of piperazine rings is 1. The van der Waals surface area contributed by atoms with Crippen LogP contribution in [-0.2, 0) is 0 Å². The van der Waals surface area contributed by atoms with Crippen molar-refractivity contribution in [1.29, 1.82) is 0 Å². The fourth-order valence-electron chi connectivity index (χ4n) is 2.31. The van der Waals surface area contributed by atoms with Gasteiger partial charge in [0.05, 0.1) is 0 Å². The maximum atomic E-state index is 3.15. The smallest absolute Gasteiger partial charge is 0.0367 e. The summed E-state index contributed by atoms with van der Waals surface area (Å²) in [6.45, 7) is 5.62. The molecule has 0 unspecified atom stereocenters. The molecule has 0 amide bonds. The Bertz CT molecular complexity index is 389. The van der Waals surface area contributed by atoms with Crippen LogP contribution in [0.15, 0.2) is 30.3 Å². The molecule has 1 N–H and O–H groups in total. The highest BCUT2D eigenvalue weighted by atomic mass is 15.2. The first kappa shape index (κ1) is 14.1. The fraction of sp³-hybridized carbons (Fsp3) is 0.500. The van der Waals surface area contributed by atoms with Crippen LogP contribution in [0.25, 0.3) is 6.08 Å². The number of rotatable bonds is 5. The van der Waals surface area contributed by atoms with Gasteiger partial charge in [-0.1, -0.05) is 24.3 Å². The van der Waals surface area contributed by atoms with Crippen molar-refractivity contribution < 1.29 is 0 Å². The largest absolute Gasteiger partial charge is 0.369 e. The van der Waals surface area contributed by atoms with Crippen LogP contribution >= 0.6 is 0 Å². The molecule has 0 spiro atoms. The molecule has 104 valence electrons. The quantitative estimate of drug-likeness (QED) is 0.817. The van der Waals surface area contributed by atoms with Gasteiger partial charge in [-0.3, -0.25) is 0 Å². The molecule has 3 heteroatoms. The zero-order valence-corrected chi connectivity index (χ0v) is 12.1. The highest BCUT2D eigenvalue weighted by Gasteiger charge is 2.13. The molecule has 1 aliphatic heterocycles. The van der Waals surface area contributed by atoms with Crippen molar-refractivity contribution in [3.8, 4) is 0 Å². The van der Waals surface area contributed by atoms with Gasteiger partial charge in [0, 0.05) is 31.9 Å². The summed E-state index contributed by atoms with van der Waals surface area (Å²) in [5.74, 6) is 0. The van der Waals surface area contributed by atoms with E-state index in [2.05, 4.69) is 58.6 Å². The van der Waals surface area contributed by atoms with Crippen molar-refractivity contribution >= 4 is 11.8 Å². The molecule has 1 fully saturated rings. The standard InChI is InChI=1S/C16H25N3/c1-17-10-4-3-5-15-6-8-16(9-7-15)19-13-11-18(2)12-14-19/h3,5-9,17H,4,10-14H2,1-2H3. The third-order valence-corrected chi connectivity index (χ3v) is 3.63. The summed E-state index contributed by atoms with van der Waals surface area (Å²) in [5.41, 5.74) is 2.63. The van der Waals surface area contributed by atoms with E-state index in [0.717, 1.165) is 39.1 Å². The lowest BCUT2D eigenvalue weighted by atomic mass is 10.1. The summed E-state index contributed by atoms with van der Waals surface area (Å²) in [6.07, 6.45) is 5.50. The molecule has 1 heterocycles. The lowest BCUT2D eigenvalue weighted by Crippen LogP contribution is -2.44. The molecule has 2 rings (SSSR count). The third-order valence-electron chi connectivity index (χ3n) is 3.63. The van der Waals surface area contributed by atoms with E-state index in [-0.39, 0.29) is 0 Å². The van der Waals surface area contributed by atoms with E-state index in [1.54, 1.807) is 0 Å². The van der Waals surface area contributed by atoms with Crippen LogP contribution < -0.4 is 10.2 Å². The Hall–Kier alpha value is -1.32. The van der Waals surface area contributed by atoms with Gasteiger partial charge in [0.15, 0.2) is 0 Å². The molecular weight excluding hydrogens is 234 g/mol. The van der Waals surface area contributed by atoms with Gasteiger partial charge in [0.2, 0.25) is 0 Å². The van der Waals surface area contributed by atoms with Gasteiger partial charge in [-0.25, -0.2) is 0 Å². The van der Waals surface area contributed by atoms with E-state index >= 15 is 0 Å². The molecule has 0 atom stereocenters. The first-order valence-corrected chi connectivity index (χ1v) is 7.14. The molecule has 19 heavy (non-hydrogen) atoms. The summed E-state index contributed by atoms with van der Waals surface area (Å²) in [4.78, 5) is 4.85. The molecule has 1 saturated heterocycles. The Kier molecular flexibility index (Phi) is 5.43. The van der Waals surface area contributed by atoms with Crippen LogP contribution in [-0.4, -0.2) is 51.7 Å². The highest BCUT2D eigenvalue weighted by molar-refractivity contribution is 5.56. The Balaban J connectivity index is 1.89. The van der Waals surface area contributed by atoms with E-state index < -0.39 is 0 Å². The minimum Gasteiger partial charge on any atom is -0.369 e. The second-order valence-electron chi connectivity index (χ2n) is 5.18. The van der Waals surface area contributed by atoms with E-state index in [1.807, 2.05) is 7.05 Å². The van der Waals surface area contributed by atoms with Gasteiger partial charge in [-0.05, 0) is 44.8 Å². The number of nitrogens with one attached hydrogen (secondary N) is 1. The predicted octanol–water partition coefficient (Wildman–Crippen LogP) is 2.06. The molecule has 1 aromatic carbocycles. The van der Waals surface area contributed by atoms with Crippen LogP contribution in [0.2, 0.25) is 0 Å². The van der Waals surface area contributed by atoms with Gasteiger partial charge in [0.1, 0.15) is 0 Å². The average molecular weight is 259 g/mol. The number of hydrogen-bond acceptors (Lipinski definition) is 3. The van der Waals surface area contributed by atoms with Crippen molar-refractivity contribution in [3.63, 3.8) is 0 Å². The molecule has 1 aliphatic rings. The molecule has 0 saturated carbocycles. The van der Waals surface area contributed by atoms with Crippen molar-refractivity contribution in [3.05, 3.63) is 35.9 Å². The summed E-state index contributed by atoms with van der Waals surface area (Å²) >= 11 is 0. The molecule has 0 aliphatic carbocycles. The summed E-state index contributed by atoms with van der Waals surface area (Å²) in [7, 11) is 4.18. The summed E-state index contributed by atoms with van der Waals surface area (Å²) in [6, 6.07) is 8.90. The van der Waals surface area contributed by atoms with Gasteiger partial charge in [-0.15, -0.1) is 0 Å². The van der Waals surface area contributed by atoms with Crippen molar-refractivity contribution in [2.24, 2.45) is 0 Å². The number of anilines is 1. The second kappa shape index (κ2) is 7.31. The van der Waals surface area contributed by atoms with Crippen LogP contribution in [0.1, 0.15) is 12.0 Å². The number of hydrogen-bond donors (Lipinski definition) is 1. The van der Waals surface area contributed by atoms with E-state index in [0.29, 0.717) is 0 Å². The fourth-order valence-corrected chi connectivity index (χ4v) is 2.31. The van der Waals surface area contributed by atoms with E-state index in [1.165, 1.54) is 11.3 Å². The van der Waals surface area contributed by atoms with Gasteiger partial charge in [0.25, 0.3) is 0 Å². The maximum Gasteiger partial charge on any atom is 0.0367 e. The first-order chi connectivity index (χ1) is 9.29. The van der Waals surface area contributed by atoms with Crippen LogP contribution in [0, 0.1) is 0 Å². The van der Waals surface area contributed by atoms with Crippen LogP contribution in [0.3, 0.4) is 0 Å². The second-order valence-corrected chi connectivity index (χ2v) is 5.18. The van der Waals surface area contributed by atoms with Crippen molar-refractivity contribution in [2.45, 2.75) is 6.42 Å². The molecule has 0 radical (unpaired) electrons. The van der Waals surface area contributed by atoms with Crippen molar-refractivity contribution in [2.75, 3.05) is 51.7 Å². The SMILES string of the molecule is CNCCC=Cc1ccc(N2CCN(C)CC2)cc1. The van der Waals surface area contributed by atoms with Gasteiger partial charge >= 0.3 is 0 Å². The number of nitrogens with zero attached hydrogens (tertiary/aromatic N) is 2. The summed E-state index contributed by atoms with van der Waals surface area (Å²) in [5, 5.41) is 3.15. The number of benzene rings is 1. The molecule has 3 nitrogen and oxygen atoms in total. The normalized spacial score (nSPS) is 17.3. The maximum absolute atomic E-state index is 3.15. The minimum absolute atomic E-state index is 1.04. The zero-order chi connectivity index (χ0) is 13.5. The molecule has 0 aromatic heterocycles. The minimum atomic E-state index is 1.04. The summed E-state index contributed by atoms with van der Waals surface area (Å²) < 4.78 is 0. The van der Waals surface area contributed by atoms with Crippen LogP contribution in [0.5, 0.6) is 0 Å². The Morgan fingerprint density at radius 2 is 1.79 bits per heavy atom. The predicted molar refractivity (Wildman–Crippen MR) is 83.7 cm³/mol. The van der Waals surface area contributed by atoms with E-state index in [4.69, 9.17) is 0 Å². The molecule has 0 bridgehead atoms. The van der Waals surface area contributed by atoms with Gasteiger partial charge < -0.3 is 15.1 Å². The Morgan fingerprint density at radius 3 is 2.42 bits per heavy atom. The van der Waals surface area contributed by atoms with Crippen LogP contribution in [0.4, 0.5) is 5.69 Å².